The SMILES string of the molecule is CCO/C(C#N)=C\C(C)C. The highest BCUT2D eigenvalue weighted by Gasteiger charge is 1.94. The third-order valence-electron chi connectivity index (χ3n) is 0.895. The Bertz CT molecular complexity index is 153. The first-order valence-electron chi connectivity index (χ1n) is 3.45. The molecule has 0 saturated heterocycles. The molecule has 0 aliphatic rings. The predicted octanol–water partition coefficient (Wildman–Crippen LogP) is 2.09. The summed E-state index contributed by atoms with van der Waals surface area (Å²) in [7, 11) is 0. The minimum Gasteiger partial charge on any atom is -0.484 e. The summed E-state index contributed by atoms with van der Waals surface area (Å²) in [6.07, 6.45) is 1.81. The first-order valence-corrected chi connectivity index (χ1v) is 3.45. The van der Waals surface area contributed by atoms with Crippen molar-refractivity contribution >= 4 is 0 Å². The van der Waals surface area contributed by atoms with Gasteiger partial charge in [0.2, 0.25) is 0 Å². The number of allylic oxidation sites excluding steroid dienone is 2. The first kappa shape index (κ1) is 9.03. The van der Waals surface area contributed by atoms with Crippen molar-refractivity contribution in [2.45, 2.75) is 20.8 Å². The summed E-state index contributed by atoms with van der Waals surface area (Å²) in [6, 6.07) is 1.97. The Morgan fingerprint density at radius 2 is 2.30 bits per heavy atom. The molecule has 0 aromatic heterocycles. The van der Waals surface area contributed by atoms with E-state index in [0.717, 1.165) is 0 Å². The van der Waals surface area contributed by atoms with Gasteiger partial charge in [0.25, 0.3) is 0 Å². The molecule has 2 heteroatoms. The number of hydrogen-bond acceptors (Lipinski definition) is 2. The Hall–Kier alpha value is -0.970. The lowest BCUT2D eigenvalue weighted by Crippen LogP contribution is -1.91. The zero-order valence-electron chi connectivity index (χ0n) is 6.72. The molecule has 0 rings (SSSR count). The fourth-order valence-corrected chi connectivity index (χ4v) is 0.576. The summed E-state index contributed by atoms with van der Waals surface area (Å²) in [4.78, 5) is 0. The average molecular weight is 139 g/mol. The van der Waals surface area contributed by atoms with Crippen molar-refractivity contribution in [1.29, 1.82) is 5.26 Å². The van der Waals surface area contributed by atoms with Gasteiger partial charge in [-0.3, -0.25) is 0 Å². The lowest BCUT2D eigenvalue weighted by atomic mass is 10.2. The zero-order chi connectivity index (χ0) is 7.98. The molecule has 0 saturated carbocycles. The van der Waals surface area contributed by atoms with Crippen molar-refractivity contribution in [2.24, 2.45) is 5.92 Å². The minimum atomic E-state index is 0.376. The van der Waals surface area contributed by atoms with Crippen LogP contribution < -0.4 is 0 Å². The van der Waals surface area contributed by atoms with E-state index in [4.69, 9.17) is 10.00 Å². The van der Waals surface area contributed by atoms with E-state index in [0.29, 0.717) is 18.3 Å². The van der Waals surface area contributed by atoms with Gasteiger partial charge in [-0.25, -0.2) is 0 Å². The minimum absolute atomic E-state index is 0.376. The van der Waals surface area contributed by atoms with E-state index in [1.54, 1.807) is 0 Å². The summed E-state index contributed by atoms with van der Waals surface area (Å²) in [6.45, 7) is 6.45. The second-order valence-corrected chi connectivity index (χ2v) is 2.32. The Kier molecular flexibility index (Phi) is 4.39. The number of hydrogen-bond donors (Lipinski definition) is 0. The van der Waals surface area contributed by atoms with Crippen LogP contribution in [-0.2, 0) is 4.74 Å². The third kappa shape index (κ3) is 3.96. The molecule has 0 atom stereocenters. The highest BCUT2D eigenvalue weighted by Crippen LogP contribution is 2.01. The molecule has 0 fully saturated rings. The summed E-state index contributed by atoms with van der Waals surface area (Å²) < 4.78 is 5.00. The van der Waals surface area contributed by atoms with Gasteiger partial charge in [0.15, 0.2) is 5.76 Å². The molecule has 0 N–H and O–H groups in total. The van der Waals surface area contributed by atoms with Gasteiger partial charge < -0.3 is 4.74 Å². The molecule has 2 nitrogen and oxygen atoms in total. The molecule has 0 aliphatic heterocycles. The van der Waals surface area contributed by atoms with E-state index in [9.17, 15) is 0 Å². The normalized spacial score (nSPS) is 11.3. The lowest BCUT2D eigenvalue weighted by Gasteiger charge is -2.00. The van der Waals surface area contributed by atoms with Gasteiger partial charge in [0, 0.05) is 0 Å². The van der Waals surface area contributed by atoms with Crippen molar-refractivity contribution in [3.8, 4) is 6.07 Å². The van der Waals surface area contributed by atoms with Crippen LogP contribution in [0.5, 0.6) is 0 Å². The molecule has 10 heavy (non-hydrogen) atoms. The van der Waals surface area contributed by atoms with Crippen molar-refractivity contribution in [1.82, 2.24) is 0 Å². The van der Waals surface area contributed by atoms with Crippen LogP contribution in [-0.4, -0.2) is 6.61 Å². The predicted molar refractivity (Wildman–Crippen MR) is 40.2 cm³/mol. The lowest BCUT2D eigenvalue weighted by molar-refractivity contribution is 0.242. The number of rotatable bonds is 3. The van der Waals surface area contributed by atoms with Gasteiger partial charge in [-0.05, 0) is 18.9 Å². The van der Waals surface area contributed by atoms with Crippen LogP contribution in [0.15, 0.2) is 11.8 Å². The number of nitriles is 1. The maximum atomic E-state index is 8.46. The average Bonchev–Trinajstić information content (AvgIpc) is 1.86. The molecule has 0 heterocycles. The Morgan fingerprint density at radius 1 is 1.70 bits per heavy atom. The fourth-order valence-electron chi connectivity index (χ4n) is 0.576. The monoisotopic (exact) mass is 139 g/mol. The van der Waals surface area contributed by atoms with Gasteiger partial charge in [0.1, 0.15) is 6.07 Å². The van der Waals surface area contributed by atoms with Crippen LogP contribution in [0.2, 0.25) is 0 Å². The smallest absolute Gasteiger partial charge is 0.193 e. The second-order valence-electron chi connectivity index (χ2n) is 2.32. The summed E-state index contributed by atoms with van der Waals surface area (Å²) in [5.41, 5.74) is 0. The summed E-state index contributed by atoms with van der Waals surface area (Å²) in [5, 5.41) is 8.46. The van der Waals surface area contributed by atoms with Crippen molar-refractivity contribution in [3.05, 3.63) is 11.8 Å². The topological polar surface area (TPSA) is 33.0 Å². The van der Waals surface area contributed by atoms with E-state index in [1.807, 2.05) is 32.9 Å². The van der Waals surface area contributed by atoms with Crippen LogP contribution in [0.4, 0.5) is 0 Å². The maximum Gasteiger partial charge on any atom is 0.193 e. The van der Waals surface area contributed by atoms with E-state index >= 15 is 0 Å². The van der Waals surface area contributed by atoms with Gasteiger partial charge in [-0.15, -0.1) is 0 Å². The van der Waals surface area contributed by atoms with Crippen LogP contribution in [0.25, 0.3) is 0 Å². The van der Waals surface area contributed by atoms with E-state index < -0.39 is 0 Å². The quantitative estimate of drug-likeness (QED) is 0.443. The molecular formula is C8H13NO. The van der Waals surface area contributed by atoms with E-state index in [2.05, 4.69) is 0 Å². The van der Waals surface area contributed by atoms with Gasteiger partial charge in [-0.2, -0.15) is 5.26 Å². The standard InChI is InChI=1S/C8H13NO/c1-4-10-8(6-9)5-7(2)3/h5,7H,4H2,1-3H3/b8-5-. The van der Waals surface area contributed by atoms with Crippen LogP contribution >= 0.6 is 0 Å². The number of ether oxygens (including phenoxy) is 1. The fraction of sp³-hybridized carbons (Fsp3) is 0.625. The van der Waals surface area contributed by atoms with E-state index in [-0.39, 0.29) is 0 Å². The molecule has 0 aliphatic carbocycles. The first-order chi connectivity index (χ1) is 4.70. The summed E-state index contributed by atoms with van der Waals surface area (Å²) in [5.74, 6) is 0.804. The summed E-state index contributed by atoms with van der Waals surface area (Å²) >= 11 is 0. The van der Waals surface area contributed by atoms with Crippen molar-refractivity contribution in [3.63, 3.8) is 0 Å². The van der Waals surface area contributed by atoms with Crippen LogP contribution in [0.1, 0.15) is 20.8 Å². The van der Waals surface area contributed by atoms with E-state index in [1.165, 1.54) is 0 Å². The molecule has 0 aromatic rings. The molecular weight excluding hydrogens is 126 g/mol. The molecule has 0 bridgehead atoms. The highest BCUT2D eigenvalue weighted by molar-refractivity contribution is 5.13. The highest BCUT2D eigenvalue weighted by atomic mass is 16.5. The van der Waals surface area contributed by atoms with Crippen LogP contribution in [0.3, 0.4) is 0 Å². The molecule has 0 unspecified atom stereocenters. The van der Waals surface area contributed by atoms with Gasteiger partial charge in [-0.1, -0.05) is 13.8 Å². The zero-order valence-corrected chi connectivity index (χ0v) is 6.72. The molecule has 0 spiro atoms. The second kappa shape index (κ2) is 4.87. The van der Waals surface area contributed by atoms with Crippen molar-refractivity contribution < 1.29 is 4.74 Å². The maximum absolute atomic E-state index is 8.46. The largest absolute Gasteiger partial charge is 0.484 e. The van der Waals surface area contributed by atoms with Crippen LogP contribution in [0, 0.1) is 17.2 Å². The molecule has 0 aromatic carbocycles. The Morgan fingerprint density at radius 3 is 2.60 bits per heavy atom. The molecule has 0 radical (unpaired) electrons. The Labute approximate surface area is 62.1 Å². The molecule has 56 valence electrons. The van der Waals surface area contributed by atoms with Crippen molar-refractivity contribution in [2.75, 3.05) is 6.61 Å². The third-order valence-corrected chi connectivity index (χ3v) is 0.895. The van der Waals surface area contributed by atoms with Gasteiger partial charge in [0.05, 0.1) is 6.61 Å². The number of nitrogens with zero attached hydrogens (tertiary/aromatic N) is 1. The van der Waals surface area contributed by atoms with Gasteiger partial charge >= 0.3 is 0 Å². The molecule has 0 amide bonds. The Balaban J connectivity index is 3.95.